The van der Waals surface area contributed by atoms with Crippen LogP contribution in [0.2, 0.25) is 0 Å². The highest BCUT2D eigenvalue weighted by atomic mass is 32.2. The summed E-state index contributed by atoms with van der Waals surface area (Å²) in [7, 11) is -2.75. The number of benzene rings is 3. The van der Waals surface area contributed by atoms with E-state index in [-0.39, 0.29) is 41.2 Å². The summed E-state index contributed by atoms with van der Waals surface area (Å²) in [4.78, 5) is 39.6. The van der Waals surface area contributed by atoms with Crippen LogP contribution in [-0.2, 0) is 31.9 Å². The van der Waals surface area contributed by atoms with Crippen molar-refractivity contribution in [3.05, 3.63) is 101 Å². The van der Waals surface area contributed by atoms with E-state index in [1.54, 1.807) is 37.3 Å². The summed E-state index contributed by atoms with van der Waals surface area (Å²) in [6, 6.07) is 19.8. The molecule has 0 fully saturated rings. The van der Waals surface area contributed by atoms with E-state index in [4.69, 9.17) is 0 Å². The monoisotopic (exact) mass is 696 g/mol. The minimum atomic E-state index is -3.98. The molecule has 0 radical (unpaired) electrons. The molecule has 49 heavy (non-hydrogen) atoms. The zero-order valence-corrected chi connectivity index (χ0v) is 29.8. The number of amides is 3. The summed E-state index contributed by atoms with van der Waals surface area (Å²) in [6.45, 7) is 9.47. The van der Waals surface area contributed by atoms with E-state index in [9.17, 15) is 32.3 Å². The third-order valence-electron chi connectivity index (χ3n) is 8.26. The fourth-order valence-electron chi connectivity index (χ4n) is 5.36. The summed E-state index contributed by atoms with van der Waals surface area (Å²) >= 11 is 0. The van der Waals surface area contributed by atoms with E-state index in [1.165, 1.54) is 13.1 Å². The normalized spacial score (nSPS) is 14.1. The van der Waals surface area contributed by atoms with Crippen LogP contribution in [-0.4, -0.2) is 56.5 Å². The summed E-state index contributed by atoms with van der Waals surface area (Å²) in [5.74, 6) is -3.38. The third kappa shape index (κ3) is 11.7. The maximum Gasteiger partial charge on any atom is 0.251 e. The number of rotatable bonds is 17. The molecule has 0 aromatic heterocycles. The van der Waals surface area contributed by atoms with Gasteiger partial charge in [-0.05, 0) is 54.0 Å². The number of aliphatic hydroxyl groups is 1. The number of hydrogen-bond donors (Lipinski definition) is 4. The van der Waals surface area contributed by atoms with Crippen molar-refractivity contribution in [2.75, 3.05) is 11.4 Å². The van der Waals surface area contributed by atoms with Crippen LogP contribution in [0.5, 0.6) is 0 Å². The van der Waals surface area contributed by atoms with Crippen molar-refractivity contribution < 1.29 is 32.3 Å². The van der Waals surface area contributed by atoms with Gasteiger partial charge in [0, 0.05) is 25.1 Å². The second-order valence-electron chi connectivity index (χ2n) is 13.2. The van der Waals surface area contributed by atoms with E-state index in [2.05, 4.69) is 16.0 Å². The van der Waals surface area contributed by atoms with Crippen LogP contribution < -0.4 is 20.3 Å². The first-order valence-electron chi connectivity index (χ1n) is 16.5. The van der Waals surface area contributed by atoms with Crippen LogP contribution in [0.3, 0.4) is 0 Å². The molecule has 0 spiro atoms. The Morgan fingerprint density at radius 2 is 1.41 bits per heavy atom. The molecule has 3 rings (SSSR count). The first-order chi connectivity index (χ1) is 23.1. The van der Waals surface area contributed by atoms with Gasteiger partial charge in [-0.2, -0.15) is 0 Å². The molecule has 0 saturated carbocycles. The molecule has 10 nitrogen and oxygen atoms in total. The molecule has 0 aliphatic carbocycles. The smallest absolute Gasteiger partial charge is 0.251 e. The van der Waals surface area contributed by atoms with Crippen LogP contribution in [0.1, 0.15) is 68.9 Å². The minimum Gasteiger partial charge on any atom is -0.391 e. The average Bonchev–Trinajstić information content (AvgIpc) is 3.05. The van der Waals surface area contributed by atoms with Crippen molar-refractivity contribution in [3.8, 4) is 0 Å². The highest BCUT2D eigenvalue weighted by molar-refractivity contribution is 7.92. The molecule has 0 aliphatic rings. The number of halogens is 1. The number of aliphatic hydroxyl groups excluding tert-OH is 1. The third-order valence-corrected chi connectivity index (χ3v) is 9.99. The second kappa shape index (κ2) is 17.9. The number of carbonyl (C=O) groups excluding carboxylic acids is 3. The van der Waals surface area contributed by atoms with Gasteiger partial charge in [-0.15, -0.1) is 0 Å². The molecule has 0 aliphatic heterocycles. The van der Waals surface area contributed by atoms with Crippen molar-refractivity contribution in [3.63, 3.8) is 0 Å². The van der Waals surface area contributed by atoms with Crippen molar-refractivity contribution in [2.24, 2.45) is 17.8 Å². The molecule has 0 bridgehead atoms. The van der Waals surface area contributed by atoms with Gasteiger partial charge in [0.2, 0.25) is 21.8 Å². The van der Waals surface area contributed by atoms with Gasteiger partial charge in [-0.1, -0.05) is 95.3 Å². The lowest BCUT2D eigenvalue weighted by Gasteiger charge is -2.29. The molecule has 12 heteroatoms. The quantitative estimate of drug-likeness (QED) is 0.160. The number of carbonyl (C=O) groups is 3. The largest absolute Gasteiger partial charge is 0.391 e. The highest BCUT2D eigenvalue weighted by Crippen LogP contribution is 2.25. The van der Waals surface area contributed by atoms with Gasteiger partial charge < -0.3 is 21.1 Å². The van der Waals surface area contributed by atoms with Crippen LogP contribution in [0.4, 0.5) is 10.1 Å². The van der Waals surface area contributed by atoms with Gasteiger partial charge in [0.25, 0.3) is 5.91 Å². The lowest BCUT2D eigenvalue weighted by Crippen LogP contribution is -2.51. The van der Waals surface area contributed by atoms with Crippen molar-refractivity contribution in [1.82, 2.24) is 16.0 Å². The molecular formula is C37H49FN4O6S. The molecule has 0 heterocycles. The molecule has 0 unspecified atom stereocenters. The van der Waals surface area contributed by atoms with Crippen LogP contribution in [0.25, 0.3) is 0 Å². The Kier molecular flexibility index (Phi) is 14.3. The lowest BCUT2D eigenvalue weighted by molar-refractivity contribution is -0.132. The number of nitrogens with zero attached hydrogens (tertiary/aromatic N) is 1. The van der Waals surface area contributed by atoms with Crippen LogP contribution >= 0.6 is 0 Å². The van der Waals surface area contributed by atoms with Gasteiger partial charge in [0.1, 0.15) is 11.9 Å². The number of sulfonamides is 1. The zero-order valence-electron chi connectivity index (χ0n) is 29.0. The average molecular weight is 697 g/mol. The first kappa shape index (κ1) is 39.2. The Bertz CT molecular complexity index is 1650. The molecule has 0 saturated heterocycles. The molecular weight excluding hydrogens is 647 g/mol. The van der Waals surface area contributed by atoms with E-state index in [0.29, 0.717) is 18.5 Å². The SMILES string of the molecule is CC(C)C[C@H](NC(=O)c1ccc(F)c(N(C)S(=O)(=O)Cc2ccccc2)c1)[C@@H](O)C[C@@H](C)C(=O)N[C@H](C(=O)NCc1ccccc1)C(C)C. The second-order valence-corrected chi connectivity index (χ2v) is 15.2. The Hall–Kier alpha value is -4.29. The Balaban J connectivity index is 1.68. The zero-order chi connectivity index (χ0) is 36.3. The van der Waals surface area contributed by atoms with E-state index in [0.717, 1.165) is 22.0 Å². The van der Waals surface area contributed by atoms with Crippen molar-refractivity contribution in [1.29, 1.82) is 0 Å². The van der Waals surface area contributed by atoms with Gasteiger partial charge in [-0.25, -0.2) is 12.8 Å². The van der Waals surface area contributed by atoms with E-state index < -0.39 is 51.8 Å². The predicted octanol–water partition coefficient (Wildman–Crippen LogP) is 4.78. The van der Waals surface area contributed by atoms with E-state index in [1.807, 2.05) is 58.0 Å². The predicted molar refractivity (Wildman–Crippen MR) is 189 cm³/mol. The van der Waals surface area contributed by atoms with Crippen LogP contribution in [0.15, 0.2) is 78.9 Å². The number of anilines is 1. The molecule has 3 amide bonds. The summed E-state index contributed by atoms with van der Waals surface area (Å²) < 4.78 is 41.9. The van der Waals surface area contributed by atoms with Crippen molar-refractivity contribution >= 4 is 33.4 Å². The number of hydrogen-bond acceptors (Lipinski definition) is 6. The van der Waals surface area contributed by atoms with Gasteiger partial charge in [0.15, 0.2) is 0 Å². The fraction of sp³-hybridized carbons (Fsp3) is 0.432. The summed E-state index contributed by atoms with van der Waals surface area (Å²) in [6.07, 6.45) is -0.767. The maximum atomic E-state index is 14.9. The molecule has 4 N–H and O–H groups in total. The fourth-order valence-corrected chi connectivity index (χ4v) is 6.60. The maximum absolute atomic E-state index is 14.9. The molecule has 4 atom stereocenters. The molecule has 266 valence electrons. The molecule has 3 aromatic rings. The van der Waals surface area contributed by atoms with Gasteiger partial charge in [0.05, 0.1) is 23.6 Å². The Morgan fingerprint density at radius 1 is 0.816 bits per heavy atom. The van der Waals surface area contributed by atoms with E-state index >= 15 is 0 Å². The lowest BCUT2D eigenvalue weighted by atomic mass is 9.91. The molecule has 3 aromatic carbocycles. The Morgan fingerprint density at radius 3 is 1.98 bits per heavy atom. The minimum absolute atomic E-state index is 0.00488. The topological polar surface area (TPSA) is 145 Å². The summed E-state index contributed by atoms with van der Waals surface area (Å²) in [5, 5.41) is 19.7. The number of nitrogens with one attached hydrogen (secondary N) is 3. The summed E-state index contributed by atoms with van der Waals surface area (Å²) in [5.41, 5.74) is 1.17. The van der Waals surface area contributed by atoms with Gasteiger partial charge >= 0.3 is 0 Å². The van der Waals surface area contributed by atoms with Crippen molar-refractivity contribution in [2.45, 2.75) is 77.9 Å². The first-order valence-corrected chi connectivity index (χ1v) is 18.1. The standard InChI is InChI=1S/C37H49FN4O6S/c1-24(2)19-31(33(43)20-26(5)35(44)41-34(25(3)4)37(46)39-22-27-13-9-7-10-14-27)40-36(45)29-17-18-30(38)32(21-29)42(6)49(47,48)23-28-15-11-8-12-16-28/h7-18,21,24-26,31,33-34,43H,19-20,22-23H2,1-6H3,(H,39,46)(H,40,45)(H,41,44)/t26-,31+,33+,34+/m1/s1. The highest BCUT2D eigenvalue weighted by Gasteiger charge is 2.31. The Labute approximate surface area is 289 Å². The van der Waals surface area contributed by atoms with Crippen LogP contribution in [0, 0.1) is 23.6 Å². The van der Waals surface area contributed by atoms with Gasteiger partial charge in [-0.3, -0.25) is 18.7 Å².